The second kappa shape index (κ2) is 20.8. The summed E-state index contributed by atoms with van der Waals surface area (Å²) in [7, 11) is 0. The Kier molecular flexibility index (Phi) is 16.2. The lowest BCUT2D eigenvalue weighted by Crippen LogP contribution is -2.59. The number of guanidine groups is 1. The lowest BCUT2D eigenvalue weighted by molar-refractivity contribution is -0.142. The van der Waals surface area contributed by atoms with E-state index in [4.69, 9.17) is 16.9 Å². The lowest BCUT2D eigenvalue weighted by Gasteiger charge is -2.26. The number of carbonyl (C=O) groups excluding carboxylic acids is 4. The Hall–Kier alpha value is -6.17. The third-order valence-electron chi connectivity index (χ3n) is 8.28. The van der Waals surface area contributed by atoms with Crippen LogP contribution in [0.4, 0.5) is 0 Å². The molecule has 0 radical (unpaired) electrons. The molecule has 0 bridgehead atoms. The molecule has 292 valence electrons. The van der Waals surface area contributed by atoms with Gasteiger partial charge in [0.15, 0.2) is 5.96 Å². The van der Waals surface area contributed by atoms with Crippen molar-refractivity contribution in [3.05, 3.63) is 77.9 Å². The fourth-order valence-electron chi connectivity index (χ4n) is 5.47. The molecule has 3 aromatic rings. The normalized spacial score (nSPS) is 13.8. The summed E-state index contributed by atoms with van der Waals surface area (Å²) in [5.74, 6) is -4.49. The Balaban J connectivity index is 1.88. The van der Waals surface area contributed by atoms with E-state index in [1.54, 1.807) is 0 Å². The Morgan fingerprint density at radius 3 is 1.72 bits per heavy atom. The summed E-state index contributed by atoms with van der Waals surface area (Å²) in [6, 6.07) is 5.52. The molecular weight excluding hydrogens is 700 g/mol. The van der Waals surface area contributed by atoms with Gasteiger partial charge in [-0.2, -0.15) is 0 Å². The van der Waals surface area contributed by atoms with Gasteiger partial charge in [0.05, 0.1) is 18.1 Å². The summed E-state index contributed by atoms with van der Waals surface area (Å²) in [5, 5.41) is 49.9. The van der Waals surface area contributed by atoms with E-state index in [-0.39, 0.29) is 55.6 Å². The summed E-state index contributed by atoms with van der Waals surface area (Å²) in [4.78, 5) is 73.8. The molecule has 0 saturated heterocycles. The Morgan fingerprint density at radius 2 is 1.24 bits per heavy atom. The molecule has 1 aromatic heterocycles. The minimum atomic E-state index is -1.41. The van der Waals surface area contributed by atoms with E-state index in [1.165, 1.54) is 61.1 Å². The zero-order valence-electron chi connectivity index (χ0n) is 30.2. The summed E-state index contributed by atoms with van der Waals surface area (Å²) < 4.78 is 0. The molecule has 0 fully saturated rings. The maximum absolute atomic E-state index is 14.0. The number of imidazole rings is 1. The molecule has 0 aliphatic carbocycles. The number of rotatable bonds is 21. The zero-order chi connectivity index (χ0) is 39.8. The number of hydrogen-bond donors (Lipinski definition) is 12. The molecule has 2 aromatic carbocycles. The second-order valence-electron chi connectivity index (χ2n) is 13.3. The summed E-state index contributed by atoms with van der Waals surface area (Å²) in [6.45, 7) is 4.02. The van der Waals surface area contributed by atoms with E-state index in [9.17, 15) is 39.3 Å². The third-order valence-corrected chi connectivity index (χ3v) is 8.28. The number of aromatic nitrogens is 2. The Morgan fingerprint density at radius 1 is 0.759 bits per heavy atom. The smallest absolute Gasteiger partial charge is 0.326 e. The van der Waals surface area contributed by atoms with E-state index in [0.717, 1.165) is 0 Å². The number of nitrogens with two attached hydrogens (primary N) is 2. The number of phenolic OH excluding ortho intramolecular Hbond substituents is 2. The highest BCUT2D eigenvalue weighted by Gasteiger charge is 2.32. The van der Waals surface area contributed by atoms with Crippen molar-refractivity contribution in [2.75, 3.05) is 6.54 Å². The van der Waals surface area contributed by atoms with Gasteiger partial charge >= 0.3 is 5.97 Å². The van der Waals surface area contributed by atoms with Crippen molar-refractivity contribution in [2.24, 2.45) is 17.4 Å². The molecule has 18 nitrogen and oxygen atoms in total. The number of nitrogens with one attached hydrogen (secondary N) is 7. The molecule has 0 aliphatic heterocycles. The van der Waals surface area contributed by atoms with Gasteiger partial charge in [-0.05, 0) is 60.6 Å². The molecular formula is C36H50N10O8. The van der Waals surface area contributed by atoms with Gasteiger partial charge < -0.3 is 58.4 Å². The average molecular weight is 751 g/mol. The largest absolute Gasteiger partial charge is 0.508 e. The van der Waals surface area contributed by atoms with Crippen LogP contribution in [0.5, 0.6) is 11.5 Å². The first-order valence-electron chi connectivity index (χ1n) is 17.4. The number of hydrogen-bond acceptors (Lipinski definition) is 10. The van der Waals surface area contributed by atoms with Gasteiger partial charge in [-0.15, -0.1) is 0 Å². The lowest BCUT2D eigenvalue weighted by atomic mass is 10.0. The van der Waals surface area contributed by atoms with Gasteiger partial charge in [-0.25, -0.2) is 9.78 Å². The highest BCUT2D eigenvalue weighted by atomic mass is 16.4. The number of aromatic hydroxyl groups is 2. The fraction of sp³-hybridized carbons (Fsp3) is 0.417. The number of nitrogens with zero attached hydrogens (tertiary/aromatic N) is 1. The van der Waals surface area contributed by atoms with Crippen LogP contribution in [0.1, 0.15) is 49.9 Å². The molecule has 3 rings (SSSR count). The van der Waals surface area contributed by atoms with Crippen molar-refractivity contribution >= 4 is 35.6 Å². The van der Waals surface area contributed by atoms with Crippen molar-refractivity contribution in [3.63, 3.8) is 0 Å². The first-order valence-corrected chi connectivity index (χ1v) is 17.4. The van der Waals surface area contributed by atoms with Crippen molar-refractivity contribution in [3.8, 4) is 11.5 Å². The fourth-order valence-corrected chi connectivity index (χ4v) is 5.47. The molecule has 1 heterocycles. The highest BCUT2D eigenvalue weighted by Crippen LogP contribution is 2.14. The Labute approximate surface area is 312 Å². The van der Waals surface area contributed by atoms with E-state index in [0.29, 0.717) is 29.7 Å². The van der Waals surface area contributed by atoms with Crippen LogP contribution in [0.25, 0.3) is 0 Å². The number of phenols is 2. The van der Waals surface area contributed by atoms with Crippen LogP contribution in [0.15, 0.2) is 61.1 Å². The average Bonchev–Trinajstić information content (AvgIpc) is 3.63. The van der Waals surface area contributed by atoms with Gasteiger partial charge in [0, 0.05) is 32.0 Å². The molecule has 54 heavy (non-hydrogen) atoms. The van der Waals surface area contributed by atoms with Crippen LogP contribution >= 0.6 is 0 Å². The second-order valence-corrected chi connectivity index (χ2v) is 13.3. The maximum Gasteiger partial charge on any atom is 0.326 e. The topological polar surface area (TPSA) is 311 Å². The van der Waals surface area contributed by atoms with Crippen molar-refractivity contribution < 1.29 is 39.3 Å². The zero-order valence-corrected chi connectivity index (χ0v) is 30.2. The highest BCUT2D eigenvalue weighted by molar-refractivity contribution is 5.95. The monoisotopic (exact) mass is 750 g/mol. The molecule has 0 unspecified atom stereocenters. The summed E-state index contributed by atoms with van der Waals surface area (Å²) in [6.07, 6.45) is 3.27. The number of aliphatic carboxylic acids is 1. The SMILES string of the molecule is CC(C)C[C@H](N)C(=O)N[C@@H](CCCNC(=N)N)C(=O)N[C@@H](Cc1c[nH]cn1)C(=O)N[C@@H](Cc1ccc(O)cc1)C(=O)N[C@@H](Cc1ccc(O)cc1)C(=O)O. The quantitative estimate of drug-likeness (QED) is 0.0373. The summed E-state index contributed by atoms with van der Waals surface area (Å²) in [5.41, 5.74) is 12.9. The van der Waals surface area contributed by atoms with Crippen LogP contribution in [0.2, 0.25) is 0 Å². The number of H-pyrrole nitrogens is 1. The minimum Gasteiger partial charge on any atom is -0.508 e. The van der Waals surface area contributed by atoms with Crippen LogP contribution < -0.4 is 38.1 Å². The molecule has 0 saturated carbocycles. The Bertz CT molecular complexity index is 1700. The van der Waals surface area contributed by atoms with Crippen LogP contribution in [0.3, 0.4) is 0 Å². The van der Waals surface area contributed by atoms with E-state index in [2.05, 4.69) is 36.6 Å². The number of carboxylic acid groups (broad SMARTS) is 1. The predicted molar refractivity (Wildman–Crippen MR) is 198 cm³/mol. The number of carbonyl (C=O) groups is 5. The molecule has 14 N–H and O–H groups in total. The molecule has 0 aliphatic rings. The third kappa shape index (κ3) is 14.5. The number of benzene rings is 2. The van der Waals surface area contributed by atoms with Crippen molar-refractivity contribution in [1.29, 1.82) is 5.41 Å². The van der Waals surface area contributed by atoms with Crippen molar-refractivity contribution in [1.82, 2.24) is 36.6 Å². The van der Waals surface area contributed by atoms with E-state index < -0.39 is 59.8 Å². The number of carboxylic acids is 1. The molecule has 0 spiro atoms. The standard InChI is InChI=1S/C36H50N10O8/c1-20(2)14-26(37)31(49)43-27(4-3-13-41-36(38)39)32(50)45-29(17-23-18-40-19-42-23)34(52)44-28(15-21-5-9-24(47)10-6-21)33(51)46-30(35(53)54)16-22-7-11-25(48)12-8-22/h5-12,18-20,26-30,47-48H,3-4,13-17,37H2,1-2H3,(H,40,42)(H,43,49)(H,44,52)(H,45,50)(H,46,51)(H,53,54)(H4,38,39,41)/t26-,27-,28-,29-,30-/m0/s1. The number of aromatic amines is 1. The van der Waals surface area contributed by atoms with Gasteiger partial charge in [0.1, 0.15) is 35.7 Å². The van der Waals surface area contributed by atoms with Crippen molar-refractivity contribution in [2.45, 2.75) is 82.6 Å². The van der Waals surface area contributed by atoms with Gasteiger partial charge in [-0.1, -0.05) is 38.1 Å². The first-order chi connectivity index (χ1) is 25.6. The minimum absolute atomic E-state index is 0.0174. The van der Waals surface area contributed by atoms with Crippen LogP contribution in [-0.4, -0.2) is 97.6 Å². The van der Waals surface area contributed by atoms with Gasteiger partial charge in [-0.3, -0.25) is 24.6 Å². The van der Waals surface area contributed by atoms with E-state index >= 15 is 0 Å². The van der Waals surface area contributed by atoms with Crippen LogP contribution in [0, 0.1) is 11.3 Å². The molecule has 18 heteroatoms. The molecule has 4 amide bonds. The van der Waals surface area contributed by atoms with Gasteiger partial charge in [0.25, 0.3) is 0 Å². The first kappa shape index (κ1) is 42.2. The predicted octanol–water partition coefficient (Wildman–Crippen LogP) is -0.491. The van der Waals surface area contributed by atoms with E-state index in [1.807, 2.05) is 13.8 Å². The maximum atomic E-state index is 14.0. The summed E-state index contributed by atoms with van der Waals surface area (Å²) >= 11 is 0. The molecule has 5 atom stereocenters. The van der Waals surface area contributed by atoms with Crippen LogP contribution in [-0.2, 0) is 43.2 Å². The number of amides is 4. The van der Waals surface area contributed by atoms with Gasteiger partial charge in [0.2, 0.25) is 23.6 Å².